The normalized spacial score (nSPS) is 11.5. The van der Waals surface area contributed by atoms with Crippen molar-refractivity contribution in [2.75, 3.05) is 4.90 Å². The highest BCUT2D eigenvalue weighted by molar-refractivity contribution is 6.12. The van der Waals surface area contributed by atoms with Gasteiger partial charge in [0.05, 0.1) is 0 Å². The van der Waals surface area contributed by atoms with Crippen LogP contribution in [0.1, 0.15) is 0 Å². The van der Waals surface area contributed by atoms with E-state index in [-0.39, 0.29) is 0 Å². The van der Waals surface area contributed by atoms with Gasteiger partial charge in [-0.1, -0.05) is 121 Å². The van der Waals surface area contributed by atoms with Crippen LogP contribution in [0.2, 0.25) is 0 Å². The van der Waals surface area contributed by atoms with Crippen LogP contribution in [0.4, 0.5) is 17.1 Å². The van der Waals surface area contributed by atoms with Gasteiger partial charge in [0.15, 0.2) is 5.58 Å². The molecule has 10 aromatic rings. The van der Waals surface area contributed by atoms with E-state index in [0.717, 1.165) is 66.8 Å². The lowest BCUT2D eigenvalue weighted by molar-refractivity contribution is 0.621. The second-order valence-corrected chi connectivity index (χ2v) is 12.8. The van der Waals surface area contributed by atoms with Gasteiger partial charge in [-0.3, -0.25) is 0 Å². The number of nitrogens with zero attached hydrogens (tertiary/aromatic N) is 2. The Bertz CT molecular complexity index is 2850. The fourth-order valence-electron chi connectivity index (χ4n) is 7.23. The van der Waals surface area contributed by atoms with E-state index >= 15 is 0 Å². The molecule has 0 unspecified atom stereocenters. The number of furan rings is 1. The van der Waals surface area contributed by atoms with Gasteiger partial charge < -0.3 is 13.7 Å². The van der Waals surface area contributed by atoms with Crippen molar-refractivity contribution in [1.29, 1.82) is 0 Å². The first kappa shape index (κ1) is 29.0. The Morgan fingerprint density at radius 2 is 1.04 bits per heavy atom. The summed E-state index contributed by atoms with van der Waals surface area (Å²) >= 11 is 0. The summed E-state index contributed by atoms with van der Waals surface area (Å²) < 4.78 is 12.8. The number of rotatable bonds is 6. The molecule has 2 heterocycles. The zero-order valence-corrected chi connectivity index (χ0v) is 27.5. The minimum absolute atomic E-state index is 0.577. The molecule has 0 spiro atoms. The van der Waals surface area contributed by atoms with Crippen LogP contribution < -0.4 is 4.90 Å². The molecule has 0 fully saturated rings. The van der Waals surface area contributed by atoms with Gasteiger partial charge in [-0.05, 0) is 88.1 Å². The van der Waals surface area contributed by atoms with Crippen LogP contribution in [0.5, 0.6) is 0 Å². The molecule has 8 aromatic carbocycles. The quantitative estimate of drug-likeness (QED) is 0.179. The Balaban J connectivity index is 1.05. The Hall–Kier alpha value is -6.91. The van der Waals surface area contributed by atoms with Crippen molar-refractivity contribution in [3.63, 3.8) is 0 Å². The maximum Gasteiger partial charge on any atom is 0.228 e. The Kier molecular flexibility index (Phi) is 6.78. The van der Waals surface area contributed by atoms with Crippen LogP contribution in [0.3, 0.4) is 0 Å². The summed E-state index contributed by atoms with van der Waals surface area (Å²) in [5.74, 6) is 0.577. The van der Waals surface area contributed by atoms with Gasteiger partial charge in [0.2, 0.25) is 5.89 Å². The number of aromatic nitrogens is 1. The van der Waals surface area contributed by atoms with E-state index in [0.29, 0.717) is 5.89 Å². The van der Waals surface area contributed by atoms with E-state index in [1.54, 1.807) is 0 Å². The fraction of sp³-hybridized carbons (Fsp3) is 0. The van der Waals surface area contributed by atoms with E-state index in [2.05, 4.69) is 138 Å². The summed E-state index contributed by atoms with van der Waals surface area (Å²) in [4.78, 5) is 7.28. The number of fused-ring (bicyclic) bond motifs is 5. The summed E-state index contributed by atoms with van der Waals surface area (Å²) in [7, 11) is 0. The average Bonchev–Trinajstić information content (AvgIpc) is 3.81. The van der Waals surface area contributed by atoms with Crippen LogP contribution in [0.25, 0.3) is 77.5 Å². The third kappa shape index (κ3) is 5.04. The van der Waals surface area contributed by atoms with E-state index in [1.165, 1.54) is 21.9 Å². The third-order valence-electron chi connectivity index (χ3n) is 9.71. The van der Waals surface area contributed by atoms with E-state index in [4.69, 9.17) is 13.8 Å². The molecule has 10 rings (SSSR count). The van der Waals surface area contributed by atoms with Crippen LogP contribution in [0.15, 0.2) is 191 Å². The first-order chi connectivity index (χ1) is 25.3. The van der Waals surface area contributed by atoms with Gasteiger partial charge in [0.25, 0.3) is 0 Å². The molecule has 0 bridgehead atoms. The van der Waals surface area contributed by atoms with Crippen LogP contribution in [-0.2, 0) is 0 Å². The number of anilines is 3. The van der Waals surface area contributed by atoms with Crippen LogP contribution in [0, 0.1) is 0 Å². The van der Waals surface area contributed by atoms with Crippen LogP contribution >= 0.6 is 0 Å². The van der Waals surface area contributed by atoms with E-state index in [9.17, 15) is 0 Å². The van der Waals surface area contributed by atoms with Gasteiger partial charge in [0, 0.05) is 39.0 Å². The molecule has 0 saturated carbocycles. The topological polar surface area (TPSA) is 42.4 Å². The monoisotopic (exact) mass is 654 g/mol. The first-order valence-electron chi connectivity index (χ1n) is 17.1. The largest absolute Gasteiger partial charge is 0.456 e. The van der Waals surface area contributed by atoms with Gasteiger partial charge in [-0.2, -0.15) is 0 Å². The standard InChI is InChI=1S/C47H30N2O2/c1-2-10-31(11-3-1)33-20-25-36(26-21-33)49(38-29-22-32-12-4-5-13-35(32)30-38)37-27-23-34(24-28-37)39-15-8-17-42-46(39)51-47(48-42)41-16-9-19-44-45(41)40-14-6-7-18-43(40)50-44/h1-30H. The predicted octanol–water partition coefficient (Wildman–Crippen LogP) is 13.4. The predicted molar refractivity (Wildman–Crippen MR) is 210 cm³/mol. The highest BCUT2D eigenvalue weighted by Gasteiger charge is 2.19. The molecule has 0 saturated heterocycles. The molecule has 4 nitrogen and oxygen atoms in total. The highest BCUT2D eigenvalue weighted by atomic mass is 16.4. The van der Waals surface area contributed by atoms with Gasteiger partial charge in [-0.25, -0.2) is 4.98 Å². The smallest absolute Gasteiger partial charge is 0.228 e. The summed E-state index contributed by atoms with van der Waals surface area (Å²) in [6, 6.07) is 63.4. The number of para-hydroxylation sites is 2. The molecule has 2 aromatic heterocycles. The molecule has 240 valence electrons. The molecule has 51 heavy (non-hydrogen) atoms. The average molecular weight is 655 g/mol. The maximum absolute atomic E-state index is 6.61. The second kappa shape index (κ2) is 11.9. The Morgan fingerprint density at radius 1 is 0.412 bits per heavy atom. The van der Waals surface area contributed by atoms with Crippen LogP contribution in [-0.4, -0.2) is 4.98 Å². The Morgan fingerprint density at radius 3 is 1.86 bits per heavy atom. The fourth-order valence-corrected chi connectivity index (χ4v) is 7.23. The third-order valence-corrected chi connectivity index (χ3v) is 9.71. The SMILES string of the molecule is c1ccc(-c2ccc(N(c3ccc(-c4cccc5nc(-c6cccc7oc8ccccc8c67)oc45)cc3)c3ccc4ccccc4c3)cc2)cc1. The van der Waals surface area contributed by atoms with Gasteiger partial charge in [-0.15, -0.1) is 0 Å². The molecule has 0 radical (unpaired) electrons. The van der Waals surface area contributed by atoms with Crippen molar-refractivity contribution in [2.24, 2.45) is 0 Å². The van der Waals surface area contributed by atoms with Crippen molar-refractivity contribution >= 4 is 60.9 Å². The first-order valence-corrected chi connectivity index (χ1v) is 17.1. The summed E-state index contributed by atoms with van der Waals surface area (Å²) in [6.45, 7) is 0. The number of benzene rings is 8. The molecule has 0 amide bonds. The lowest BCUT2D eigenvalue weighted by Crippen LogP contribution is -2.09. The summed E-state index contributed by atoms with van der Waals surface area (Å²) in [6.07, 6.45) is 0. The zero-order chi connectivity index (χ0) is 33.7. The molecule has 0 N–H and O–H groups in total. The van der Waals surface area contributed by atoms with E-state index < -0.39 is 0 Å². The molecule has 0 aliphatic rings. The molecular formula is C47H30N2O2. The summed E-state index contributed by atoms with van der Waals surface area (Å²) in [5, 5.41) is 4.47. The number of oxazole rings is 1. The van der Waals surface area contributed by atoms with Crippen molar-refractivity contribution in [3.05, 3.63) is 182 Å². The summed E-state index contributed by atoms with van der Waals surface area (Å²) in [5.41, 5.74) is 11.8. The zero-order valence-electron chi connectivity index (χ0n) is 27.5. The van der Waals surface area contributed by atoms with Gasteiger partial charge >= 0.3 is 0 Å². The van der Waals surface area contributed by atoms with E-state index in [1.807, 2.05) is 48.5 Å². The minimum atomic E-state index is 0.577. The highest BCUT2D eigenvalue weighted by Crippen LogP contribution is 2.41. The van der Waals surface area contributed by atoms with Crippen molar-refractivity contribution in [3.8, 4) is 33.7 Å². The van der Waals surface area contributed by atoms with Crippen molar-refractivity contribution in [2.45, 2.75) is 0 Å². The molecular weight excluding hydrogens is 625 g/mol. The Labute approximate surface area is 294 Å². The second-order valence-electron chi connectivity index (χ2n) is 12.8. The lowest BCUT2D eigenvalue weighted by Gasteiger charge is -2.26. The number of hydrogen-bond acceptors (Lipinski definition) is 4. The maximum atomic E-state index is 6.61. The lowest BCUT2D eigenvalue weighted by atomic mass is 10.0. The van der Waals surface area contributed by atoms with Crippen molar-refractivity contribution in [1.82, 2.24) is 4.98 Å². The molecule has 4 heteroatoms. The molecule has 0 atom stereocenters. The van der Waals surface area contributed by atoms with Gasteiger partial charge in [0.1, 0.15) is 16.7 Å². The van der Waals surface area contributed by atoms with Crippen molar-refractivity contribution < 1.29 is 8.83 Å². The molecule has 0 aliphatic carbocycles. The molecule has 0 aliphatic heterocycles. The number of hydrogen-bond donors (Lipinski definition) is 0. The minimum Gasteiger partial charge on any atom is -0.456 e.